The molecule has 0 atom stereocenters. The van der Waals surface area contributed by atoms with Gasteiger partial charge in [0, 0.05) is 28.9 Å². The van der Waals surface area contributed by atoms with Crippen molar-refractivity contribution in [2.45, 2.75) is 51.2 Å². The minimum absolute atomic E-state index is 0.00362. The van der Waals surface area contributed by atoms with Crippen LogP contribution in [0.25, 0.3) is 16.7 Å². The molecule has 4 rings (SSSR count). The Hall–Kier alpha value is -2.84. The second-order valence-electron chi connectivity index (χ2n) is 8.67. The van der Waals surface area contributed by atoms with E-state index in [1.165, 1.54) is 11.8 Å². The predicted octanol–water partition coefficient (Wildman–Crippen LogP) is 4.78. The van der Waals surface area contributed by atoms with Gasteiger partial charge < -0.3 is 5.32 Å². The smallest absolute Gasteiger partial charge is 0.262 e. The molecule has 7 nitrogen and oxygen atoms in total. The quantitative estimate of drug-likeness (QED) is 0.382. The molecule has 0 spiro atoms. The summed E-state index contributed by atoms with van der Waals surface area (Å²) in [5.74, 6) is 1.11. The molecule has 2 aromatic carbocycles. The number of fused-ring (bicyclic) bond motifs is 3. The highest BCUT2D eigenvalue weighted by Crippen LogP contribution is 2.28. The van der Waals surface area contributed by atoms with Crippen LogP contribution in [0.1, 0.15) is 43.6 Å². The van der Waals surface area contributed by atoms with Crippen molar-refractivity contribution in [1.29, 1.82) is 0 Å². The van der Waals surface area contributed by atoms with E-state index in [0.717, 1.165) is 5.56 Å². The highest BCUT2D eigenvalue weighted by Gasteiger charge is 2.19. The first-order valence-corrected chi connectivity index (χ1v) is 12.2. The van der Waals surface area contributed by atoms with Gasteiger partial charge in [-0.2, -0.15) is 0 Å². The molecule has 172 valence electrons. The molecule has 0 bridgehead atoms. The average molecular weight is 484 g/mol. The number of carbonyl (C=O) groups is 1. The largest absolute Gasteiger partial charge is 0.350 e. The number of amides is 1. The van der Waals surface area contributed by atoms with Gasteiger partial charge in [-0.25, -0.2) is 0 Å². The lowest BCUT2D eigenvalue weighted by Crippen LogP contribution is -2.30. The number of halogens is 1. The fourth-order valence-corrected chi connectivity index (χ4v) is 4.88. The average Bonchev–Trinajstić information content (AvgIpc) is 3.19. The number of nitrogens with one attached hydrogen (secondary N) is 1. The molecule has 0 unspecified atom stereocenters. The first-order valence-electron chi connectivity index (χ1n) is 10.8. The third-order valence-corrected chi connectivity index (χ3v) is 6.46. The lowest BCUT2D eigenvalue weighted by atomic mass is 10.1. The van der Waals surface area contributed by atoms with E-state index in [4.69, 9.17) is 11.6 Å². The number of benzene rings is 2. The van der Waals surface area contributed by atoms with Crippen LogP contribution in [0.3, 0.4) is 0 Å². The van der Waals surface area contributed by atoms with Crippen LogP contribution in [0.4, 0.5) is 0 Å². The van der Waals surface area contributed by atoms with Crippen LogP contribution < -0.4 is 10.9 Å². The minimum atomic E-state index is -0.190. The topological polar surface area (TPSA) is 81.3 Å². The first-order chi connectivity index (χ1) is 15.8. The Morgan fingerprint density at radius 3 is 2.58 bits per heavy atom. The summed E-state index contributed by atoms with van der Waals surface area (Å²) >= 11 is 7.82. The van der Waals surface area contributed by atoms with E-state index >= 15 is 0 Å². The maximum absolute atomic E-state index is 13.3. The van der Waals surface area contributed by atoms with E-state index in [1.807, 2.05) is 42.5 Å². The SMILES string of the molecule is CC(C)Cn1c(=O)c2ccc(C(=O)NC(C)C)cc2n2c(SCc3ccccc3Cl)nnc12. The van der Waals surface area contributed by atoms with Gasteiger partial charge in [-0.3, -0.25) is 18.6 Å². The van der Waals surface area contributed by atoms with E-state index in [2.05, 4.69) is 29.4 Å². The zero-order valence-corrected chi connectivity index (χ0v) is 20.6. The Kier molecular flexibility index (Phi) is 6.76. The Morgan fingerprint density at radius 1 is 1.12 bits per heavy atom. The molecule has 2 heterocycles. The van der Waals surface area contributed by atoms with E-state index in [1.54, 1.807) is 22.8 Å². The molecular formula is C24H26ClN5O2S. The maximum atomic E-state index is 13.3. The molecule has 0 aliphatic rings. The number of thioether (sulfide) groups is 1. The molecule has 1 amide bonds. The van der Waals surface area contributed by atoms with Crippen molar-refractivity contribution in [3.05, 3.63) is 69.0 Å². The molecule has 1 N–H and O–H groups in total. The maximum Gasteiger partial charge on any atom is 0.262 e. The Balaban J connectivity index is 1.89. The number of rotatable bonds is 7. The predicted molar refractivity (Wildman–Crippen MR) is 133 cm³/mol. The van der Waals surface area contributed by atoms with Crippen molar-refractivity contribution < 1.29 is 4.79 Å². The minimum Gasteiger partial charge on any atom is -0.350 e. The van der Waals surface area contributed by atoms with E-state index in [0.29, 0.717) is 44.7 Å². The summed E-state index contributed by atoms with van der Waals surface area (Å²) in [4.78, 5) is 26.0. The standard InChI is InChI=1S/C24H26ClN5O2S/c1-14(2)12-29-22(32)18-10-9-16(21(31)26-15(3)4)11-20(18)30-23(29)27-28-24(30)33-13-17-7-5-6-8-19(17)25/h5-11,14-15H,12-13H2,1-4H3,(H,26,31). The monoisotopic (exact) mass is 483 g/mol. The van der Waals surface area contributed by atoms with Crippen molar-refractivity contribution in [2.75, 3.05) is 0 Å². The zero-order valence-electron chi connectivity index (χ0n) is 19.0. The van der Waals surface area contributed by atoms with Gasteiger partial charge in [-0.15, -0.1) is 10.2 Å². The number of hydrogen-bond acceptors (Lipinski definition) is 5. The Bertz CT molecular complexity index is 1390. The van der Waals surface area contributed by atoms with Gasteiger partial charge in [-0.05, 0) is 49.6 Å². The molecule has 0 aliphatic heterocycles. The number of hydrogen-bond donors (Lipinski definition) is 1. The lowest BCUT2D eigenvalue weighted by Gasteiger charge is -2.14. The molecule has 0 saturated carbocycles. The molecule has 4 aromatic rings. The molecule has 0 radical (unpaired) electrons. The molecule has 0 aliphatic carbocycles. The normalized spacial score (nSPS) is 11.7. The van der Waals surface area contributed by atoms with Crippen LogP contribution >= 0.6 is 23.4 Å². The van der Waals surface area contributed by atoms with Crippen molar-refractivity contribution in [1.82, 2.24) is 24.5 Å². The van der Waals surface area contributed by atoms with Crippen molar-refractivity contribution in [3.8, 4) is 0 Å². The number of carbonyl (C=O) groups excluding carboxylic acids is 1. The molecular weight excluding hydrogens is 458 g/mol. The first kappa shape index (κ1) is 23.3. The van der Waals surface area contributed by atoms with Crippen LogP contribution in [-0.2, 0) is 12.3 Å². The summed E-state index contributed by atoms with van der Waals surface area (Å²) in [5.41, 5.74) is 1.93. The van der Waals surface area contributed by atoms with Crippen molar-refractivity contribution in [2.24, 2.45) is 5.92 Å². The summed E-state index contributed by atoms with van der Waals surface area (Å²) in [5, 5.41) is 13.5. The van der Waals surface area contributed by atoms with E-state index < -0.39 is 0 Å². The summed E-state index contributed by atoms with van der Waals surface area (Å²) in [6.07, 6.45) is 0. The summed E-state index contributed by atoms with van der Waals surface area (Å²) in [6.45, 7) is 8.43. The van der Waals surface area contributed by atoms with Gasteiger partial charge in [0.05, 0.1) is 10.9 Å². The second kappa shape index (κ2) is 9.57. The molecule has 33 heavy (non-hydrogen) atoms. The second-order valence-corrected chi connectivity index (χ2v) is 10.0. The van der Waals surface area contributed by atoms with Gasteiger partial charge in [0.25, 0.3) is 11.5 Å². The van der Waals surface area contributed by atoms with Crippen molar-refractivity contribution in [3.63, 3.8) is 0 Å². The van der Waals surface area contributed by atoms with Crippen LogP contribution in [-0.4, -0.2) is 31.1 Å². The Morgan fingerprint density at radius 2 is 1.88 bits per heavy atom. The molecule has 0 saturated heterocycles. The summed E-state index contributed by atoms with van der Waals surface area (Å²) in [6, 6.07) is 12.8. The third kappa shape index (κ3) is 4.77. The zero-order chi connectivity index (χ0) is 23.7. The van der Waals surface area contributed by atoms with Crippen LogP contribution in [0.15, 0.2) is 52.4 Å². The highest BCUT2D eigenvalue weighted by molar-refractivity contribution is 7.98. The summed E-state index contributed by atoms with van der Waals surface area (Å²) < 4.78 is 3.53. The Labute approximate surface area is 201 Å². The third-order valence-electron chi connectivity index (χ3n) is 5.12. The van der Waals surface area contributed by atoms with Gasteiger partial charge in [0.2, 0.25) is 5.78 Å². The highest BCUT2D eigenvalue weighted by atomic mass is 35.5. The fourth-order valence-electron chi connectivity index (χ4n) is 3.65. The molecule has 9 heteroatoms. The van der Waals surface area contributed by atoms with E-state index in [9.17, 15) is 9.59 Å². The van der Waals surface area contributed by atoms with Crippen LogP contribution in [0.5, 0.6) is 0 Å². The van der Waals surface area contributed by atoms with E-state index in [-0.39, 0.29) is 23.4 Å². The van der Waals surface area contributed by atoms with Gasteiger partial charge in [0.1, 0.15) is 0 Å². The number of aromatic nitrogens is 4. The van der Waals surface area contributed by atoms with Gasteiger partial charge in [0.15, 0.2) is 5.16 Å². The van der Waals surface area contributed by atoms with Crippen LogP contribution in [0, 0.1) is 5.92 Å². The molecule has 2 aromatic heterocycles. The van der Waals surface area contributed by atoms with Gasteiger partial charge >= 0.3 is 0 Å². The van der Waals surface area contributed by atoms with Crippen molar-refractivity contribution >= 4 is 46.0 Å². The molecule has 0 fully saturated rings. The lowest BCUT2D eigenvalue weighted by molar-refractivity contribution is 0.0943. The number of nitrogens with zero attached hydrogens (tertiary/aromatic N) is 4. The summed E-state index contributed by atoms with van der Waals surface area (Å²) in [7, 11) is 0. The fraction of sp³-hybridized carbons (Fsp3) is 0.333. The van der Waals surface area contributed by atoms with Gasteiger partial charge in [-0.1, -0.05) is 55.4 Å². The van der Waals surface area contributed by atoms with Crippen LogP contribution in [0.2, 0.25) is 5.02 Å².